The zero-order valence-corrected chi connectivity index (χ0v) is 23.6. The minimum absolute atomic E-state index is 1.20. The van der Waals surface area contributed by atoms with Crippen LogP contribution in [0.3, 0.4) is 0 Å². The first kappa shape index (κ1) is 31.2. The van der Waals surface area contributed by atoms with Crippen LogP contribution in [-0.4, -0.2) is 0 Å². The molecule has 1 aromatic rings. The maximum Gasteiger partial charge on any atom is 0.171 e. The molecule has 0 N–H and O–H groups in total. The van der Waals surface area contributed by atoms with Crippen molar-refractivity contribution in [3.8, 4) is 0 Å². The van der Waals surface area contributed by atoms with E-state index in [1.54, 1.807) is 0 Å². The van der Waals surface area contributed by atoms with Gasteiger partial charge in [0.2, 0.25) is 0 Å². The molecule has 0 unspecified atom stereocenters. The van der Waals surface area contributed by atoms with Crippen LogP contribution in [0, 0.1) is 0 Å². The topological polar surface area (TPSA) is 3.88 Å². The molecule has 1 aromatic heterocycles. The number of nitrogens with zero attached hydrogens (tertiary/aromatic N) is 1. The van der Waals surface area contributed by atoms with E-state index in [2.05, 4.69) is 42.9 Å². The van der Waals surface area contributed by atoms with E-state index in [1.807, 2.05) is 0 Å². The summed E-state index contributed by atoms with van der Waals surface area (Å²) in [6, 6.07) is 4.59. The largest absolute Gasteiger partial charge is 0.205 e. The molecule has 0 aliphatic carbocycles. The summed E-state index contributed by atoms with van der Waals surface area (Å²) in [4.78, 5) is 0. The SMILES string of the molecule is CCCCCCCCCCCCCCCCCCc1ccc[n+](CCCCCCCCCC)c1. The molecule has 0 saturated heterocycles. The molecule has 0 radical (unpaired) electrons. The number of pyridine rings is 1. The molecular formula is C33H62N+. The van der Waals surface area contributed by atoms with Gasteiger partial charge in [-0.1, -0.05) is 149 Å². The van der Waals surface area contributed by atoms with E-state index in [9.17, 15) is 0 Å². The summed E-state index contributed by atoms with van der Waals surface area (Å²) in [6.45, 7) is 5.80. The molecule has 34 heavy (non-hydrogen) atoms. The number of hydrogen-bond acceptors (Lipinski definition) is 0. The third-order valence-corrected chi connectivity index (χ3v) is 7.51. The van der Waals surface area contributed by atoms with Crippen molar-refractivity contribution in [3.63, 3.8) is 0 Å². The fourth-order valence-corrected chi connectivity index (χ4v) is 5.17. The first-order chi connectivity index (χ1) is 16.9. The zero-order chi connectivity index (χ0) is 24.4. The maximum atomic E-state index is 2.43. The summed E-state index contributed by atoms with van der Waals surface area (Å²) in [7, 11) is 0. The molecule has 0 amide bonds. The van der Waals surface area contributed by atoms with Crippen LogP contribution in [-0.2, 0) is 13.0 Å². The van der Waals surface area contributed by atoms with E-state index in [0.29, 0.717) is 0 Å². The second kappa shape index (κ2) is 25.2. The Labute approximate surface area is 215 Å². The highest BCUT2D eigenvalue weighted by molar-refractivity contribution is 5.05. The first-order valence-electron chi connectivity index (χ1n) is 15.8. The molecule has 0 bridgehead atoms. The summed E-state index contributed by atoms with van der Waals surface area (Å²) in [5.41, 5.74) is 1.53. The van der Waals surface area contributed by atoms with Gasteiger partial charge < -0.3 is 0 Å². The average molecular weight is 473 g/mol. The lowest BCUT2D eigenvalue weighted by atomic mass is 10.0. The van der Waals surface area contributed by atoms with Gasteiger partial charge in [-0.05, 0) is 25.3 Å². The van der Waals surface area contributed by atoms with E-state index in [1.165, 1.54) is 173 Å². The van der Waals surface area contributed by atoms with Crippen molar-refractivity contribution in [1.29, 1.82) is 0 Å². The second-order valence-corrected chi connectivity index (χ2v) is 11.0. The Bertz CT molecular complexity index is 523. The van der Waals surface area contributed by atoms with Gasteiger partial charge in [0.05, 0.1) is 0 Å². The standard InChI is InChI=1S/C33H62N/c1-3-5-7-9-11-13-14-15-16-17-18-19-20-21-23-25-28-33-29-27-31-34(32-33)30-26-24-22-12-10-8-6-4-2/h27,29,31-32H,3-26,28,30H2,1-2H3/q+1. The molecule has 198 valence electrons. The summed E-state index contributed by atoms with van der Waals surface area (Å²) in [6.07, 6.45) is 40.3. The van der Waals surface area contributed by atoms with Crippen LogP contribution in [0.1, 0.15) is 174 Å². The van der Waals surface area contributed by atoms with Crippen LogP contribution in [0.2, 0.25) is 0 Å². The number of rotatable bonds is 26. The smallest absolute Gasteiger partial charge is 0.171 e. The van der Waals surface area contributed by atoms with Crippen molar-refractivity contribution in [2.24, 2.45) is 0 Å². The zero-order valence-electron chi connectivity index (χ0n) is 23.6. The van der Waals surface area contributed by atoms with Gasteiger partial charge >= 0.3 is 0 Å². The fraction of sp³-hybridized carbons (Fsp3) is 0.848. The van der Waals surface area contributed by atoms with E-state index in [4.69, 9.17) is 0 Å². The van der Waals surface area contributed by atoms with Gasteiger partial charge in [0.15, 0.2) is 12.4 Å². The molecule has 0 aliphatic heterocycles. The van der Waals surface area contributed by atoms with Crippen molar-refractivity contribution in [1.82, 2.24) is 0 Å². The van der Waals surface area contributed by atoms with E-state index < -0.39 is 0 Å². The van der Waals surface area contributed by atoms with E-state index >= 15 is 0 Å². The number of hydrogen-bond donors (Lipinski definition) is 0. The Morgan fingerprint density at radius 3 is 1.29 bits per heavy atom. The quantitative estimate of drug-likeness (QED) is 0.0932. The van der Waals surface area contributed by atoms with Crippen LogP contribution < -0.4 is 4.57 Å². The maximum absolute atomic E-state index is 2.43. The van der Waals surface area contributed by atoms with Gasteiger partial charge in [0.25, 0.3) is 0 Å². The van der Waals surface area contributed by atoms with E-state index in [0.717, 1.165) is 0 Å². The predicted octanol–water partition coefficient (Wildman–Crippen LogP) is 10.9. The van der Waals surface area contributed by atoms with Gasteiger partial charge in [0, 0.05) is 18.1 Å². The summed E-state index contributed by atoms with van der Waals surface area (Å²) < 4.78 is 2.43. The predicted molar refractivity (Wildman–Crippen MR) is 152 cm³/mol. The van der Waals surface area contributed by atoms with Crippen LogP contribution in [0.25, 0.3) is 0 Å². The van der Waals surface area contributed by atoms with Crippen LogP contribution in [0.5, 0.6) is 0 Å². The molecule has 0 fully saturated rings. The second-order valence-electron chi connectivity index (χ2n) is 11.0. The third-order valence-electron chi connectivity index (χ3n) is 7.51. The minimum atomic E-state index is 1.20. The minimum Gasteiger partial charge on any atom is -0.205 e. The normalized spacial score (nSPS) is 11.4. The Balaban J connectivity index is 1.88. The lowest BCUT2D eigenvalue weighted by Crippen LogP contribution is -2.33. The van der Waals surface area contributed by atoms with E-state index in [-0.39, 0.29) is 0 Å². The van der Waals surface area contributed by atoms with Gasteiger partial charge in [-0.3, -0.25) is 0 Å². The van der Waals surface area contributed by atoms with Gasteiger partial charge in [-0.15, -0.1) is 0 Å². The molecule has 0 saturated carbocycles. The monoisotopic (exact) mass is 472 g/mol. The molecule has 1 rings (SSSR count). The van der Waals surface area contributed by atoms with Crippen molar-refractivity contribution in [2.45, 2.75) is 181 Å². The van der Waals surface area contributed by atoms with Crippen molar-refractivity contribution in [3.05, 3.63) is 30.1 Å². The Hall–Kier alpha value is -0.850. The molecule has 0 atom stereocenters. The van der Waals surface area contributed by atoms with Gasteiger partial charge in [-0.25, -0.2) is 4.57 Å². The Kier molecular flexibility index (Phi) is 23.2. The molecule has 0 spiro atoms. The molecule has 1 nitrogen and oxygen atoms in total. The van der Waals surface area contributed by atoms with Crippen molar-refractivity contribution < 1.29 is 4.57 Å². The highest BCUT2D eigenvalue weighted by Gasteiger charge is 2.03. The van der Waals surface area contributed by atoms with Crippen LogP contribution in [0.4, 0.5) is 0 Å². The third kappa shape index (κ3) is 20.5. The lowest BCUT2D eigenvalue weighted by Gasteiger charge is -2.04. The average Bonchev–Trinajstić information content (AvgIpc) is 2.85. The summed E-state index contributed by atoms with van der Waals surface area (Å²) in [5.74, 6) is 0. The number of aromatic nitrogens is 1. The molecule has 0 aliphatic rings. The Morgan fingerprint density at radius 2 is 0.853 bits per heavy atom. The van der Waals surface area contributed by atoms with Gasteiger partial charge in [0.1, 0.15) is 6.54 Å². The highest BCUT2D eigenvalue weighted by Crippen LogP contribution is 2.14. The Morgan fingerprint density at radius 1 is 0.471 bits per heavy atom. The lowest BCUT2D eigenvalue weighted by molar-refractivity contribution is -0.697. The molecular weight excluding hydrogens is 410 g/mol. The summed E-state index contributed by atoms with van der Waals surface area (Å²) >= 11 is 0. The number of unbranched alkanes of at least 4 members (excludes halogenated alkanes) is 22. The highest BCUT2D eigenvalue weighted by atomic mass is 14.9. The number of aryl methyl sites for hydroxylation is 2. The van der Waals surface area contributed by atoms with Crippen molar-refractivity contribution >= 4 is 0 Å². The van der Waals surface area contributed by atoms with Crippen molar-refractivity contribution in [2.75, 3.05) is 0 Å². The van der Waals surface area contributed by atoms with Crippen LogP contribution in [0.15, 0.2) is 24.5 Å². The molecule has 0 aromatic carbocycles. The van der Waals surface area contributed by atoms with Crippen LogP contribution >= 0.6 is 0 Å². The molecule has 1 heteroatoms. The summed E-state index contributed by atoms with van der Waals surface area (Å²) in [5, 5.41) is 0. The fourth-order valence-electron chi connectivity index (χ4n) is 5.17. The molecule has 1 heterocycles. The first-order valence-corrected chi connectivity index (χ1v) is 15.8. The van der Waals surface area contributed by atoms with Gasteiger partial charge in [-0.2, -0.15) is 0 Å².